The van der Waals surface area contributed by atoms with Gasteiger partial charge in [-0.3, -0.25) is 14.7 Å². The van der Waals surface area contributed by atoms with Gasteiger partial charge in [-0.1, -0.05) is 12.1 Å². The van der Waals surface area contributed by atoms with Crippen LogP contribution in [-0.2, 0) is 22.3 Å². The molecule has 0 bridgehead atoms. The molecule has 5 rings (SSSR count). The Balaban J connectivity index is 1.27. The molecule has 0 spiro atoms. The monoisotopic (exact) mass is 542 g/mol. The van der Waals surface area contributed by atoms with E-state index in [2.05, 4.69) is 4.85 Å². The average molecular weight is 542 g/mol. The molecular formula is C25H21F2N4O6P. The average Bonchev–Trinajstić information content (AvgIpc) is 3.80. The first-order chi connectivity index (χ1) is 18.3. The second-order valence-electron chi connectivity index (χ2n) is 8.62. The Morgan fingerprint density at radius 3 is 2.13 bits per heavy atom. The summed E-state index contributed by atoms with van der Waals surface area (Å²) in [6, 6.07) is 12.1. The summed E-state index contributed by atoms with van der Waals surface area (Å²) in [5, 5.41) is 11.4. The van der Waals surface area contributed by atoms with Crippen molar-refractivity contribution in [1.29, 1.82) is 0 Å². The molecule has 2 heterocycles. The van der Waals surface area contributed by atoms with Crippen molar-refractivity contribution in [3.05, 3.63) is 98.9 Å². The van der Waals surface area contributed by atoms with Crippen LogP contribution in [-0.4, -0.2) is 40.4 Å². The fraction of sp³-hybridized carbons (Fsp3) is 0.240. The van der Waals surface area contributed by atoms with Gasteiger partial charge in [0.05, 0.1) is 18.1 Å². The molecule has 13 heteroatoms. The van der Waals surface area contributed by atoms with Crippen LogP contribution >= 0.6 is 7.67 Å². The van der Waals surface area contributed by atoms with E-state index in [4.69, 9.17) is 20.6 Å². The molecule has 0 radical (unpaired) electrons. The zero-order valence-corrected chi connectivity index (χ0v) is 20.8. The first kappa shape index (κ1) is 25.8. The molecule has 2 saturated heterocycles. The fourth-order valence-corrected chi connectivity index (χ4v) is 5.87. The summed E-state index contributed by atoms with van der Waals surface area (Å²) < 4.78 is 62.5. The summed E-state index contributed by atoms with van der Waals surface area (Å²) in [6.07, 6.45) is 0. The first-order valence-electron chi connectivity index (χ1n) is 11.6. The minimum atomic E-state index is -3.13. The van der Waals surface area contributed by atoms with Gasteiger partial charge in [0.15, 0.2) is 23.1 Å². The van der Waals surface area contributed by atoms with Gasteiger partial charge in [-0.25, -0.2) is 23.0 Å². The third-order valence-electron chi connectivity index (χ3n) is 5.82. The van der Waals surface area contributed by atoms with Crippen LogP contribution in [0.2, 0.25) is 0 Å². The quantitative estimate of drug-likeness (QED) is 0.0950. The lowest BCUT2D eigenvalue weighted by Gasteiger charge is -2.20. The van der Waals surface area contributed by atoms with Crippen LogP contribution in [0.25, 0.3) is 4.85 Å². The van der Waals surface area contributed by atoms with Gasteiger partial charge < -0.3 is 14.0 Å². The Hall–Kier alpha value is -3.88. The molecule has 0 saturated carbocycles. The number of hydrogen-bond acceptors (Lipinski definition) is 6. The van der Waals surface area contributed by atoms with Crippen LogP contribution in [0.3, 0.4) is 0 Å². The standard InChI is InChI=1S/C25H21F2N4O6P/c1-28-19-3-5-20(6-4-19)37-24-14-17(2-7-23(24)31(32)33)15-35-25-21(26)12-18(13-22(25)27)16-36-38(34,29-8-9-29)30-10-11-30/h2-7,12-14H,8-11,15-16H2. The molecule has 196 valence electrons. The summed E-state index contributed by atoms with van der Waals surface area (Å²) >= 11 is 0. The highest BCUT2D eigenvalue weighted by Crippen LogP contribution is 2.61. The molecular weight excluding hydrogens is 521 g/mol. The van der Waals surface area contributed by atoms with Crippen molar-refractivity contribution in [2.45, 2.75) is 13.2 Å². The van der Waals surface area contributed by atoms with E-state index >= 15 is 0 Å². The second kappa shape index (κ2) is 10.5. The number of ether oxygens (including phenoxy) is 2. The van der Waals surface area contributed by atoms with Gasteiger partial charge in [0, 0.05) is 32.2 Å². The number of hydrogen-bond donors (Lipinski definition) is 0. The van der Waals surface area contributed by atoms with Crippen molar-refractivity contribution in [3.8, 4) is 17.2 Å². The Morgan fingerprint density at radius 2 is 1.58 bits per heavy atom. The molecule has 2 aliphatic rings. The van der Waals surface area contributed by atoms with Crippen molar-refractivity contribution in [3.63, 3.8) is 0 Å². The lowest BCUT2D eigenvalue weighted by atomic mass is 10.2. The van der Waals surface area contributed by atoms with E-state index in [-0.39, 0.29) is 36.0 Å². The van der Waals surface area contributed by atoms with Crippen molar-refractivity contribution < 1.29 is 32.3 Å². The fourth-order valence-electron chi connectivity index (χ4n) is 3.68. The maximum Gasteiger partial charge on any atom is 0.346 e. The highest BCUT2D eigenvalue weighted by molar-refractivity contribution is 7.54. The number of halogens is 2. The smallest absolute Gasteiger partial charge is 0.346 e. The Labute approximate surface area is 216 Å². The number of rotatable bonds is 11. The van der Waals surface area contributed by atoms with Gasteiger partial charge in [0.1, 0.15) is 12.4 Å². The SMILES string of the molecule is [C-]#[N+]c1ccc(Oc2cc(COc3c(F)cc(COP(=O)(N4CC4)N4CC4)cc3F)ccc2[N+](=O)[O-])cc1. The minimum Gasteiger partial charge on any atom is -0.483 e. The minimum absolute atomic E-state index is 0.0951. The normalized spacial score (nSPS) is 15.1. The molecule has 0 atom stereocenters. The van der Waals surface area contributed by atoms with Crippen molar-refractivity contribution in [2.24, 2.45) is 0 Å². The lowest BCUT2D eigenvalue weighted by molar-refractivity contribution is -0.385. The van der Waals surface area contributed by atoms with E-state index in [0.29, 0.717) is 37.4 Å². The number of nitro groups is 1. The van der Waals surface area contributed by atoms with E-state index in [9.17, 15) is 23.5 Å². The van der Waals surface area contributed by atoms with Gasteiger partial charge >= 0.3 is 13.4 Å². The highest BCUT2D eigenvalue weighted by Gasteiger charge is 2.49. The van der Waals surface area contributed by atoms with E-state index < -0.39 is 30.0 Å². The van der Waals surface area contributed by atoms with Crippen LogP contribution in [0.4, 0.5) is 20.2 Å². The summed E-state index contributed by atoms with van der Waals surface area (Å²) in [6.45, 7) is 9.12. The Morgan fingerprint density at radius 1 is 0.947 bits per heavy atom. The Kier molecular flexibility index (Phi) is 7.10. The molecule has 10 nitrogen and oxygen atoms in total. The maximum atomic E-state index is 14.7. The highest BCUT2D eigenvalue weighted by atomic mass is 31.2. The van der Waals surface area contributed by atoms with E-state index in [1.54, 1.807) is 9.34 Å². The largest absolute Gasteiger partial charge is 0.483 e. The maximum absolute atomic E-state index is 14.7. The van der Waals surface area contributed by atoms with Crippen molar-refractivity contribution >= 4 is 19.0 Å². The summed E-state index contributed by atoms with van der Waals surface area (Å²) in [4.78, 5) is 14.1. The van der Waals surface area contributed by atoms with Gasteiger partial charge in [-0.05, 0) is 47.5 Å². The van der Waals surface area contributed by atoms with E-state index in [1.165, 1.54) is 42.5 Å². The van der Waals surface area contributed by atoms with Gasteiger partial charge in [0.25, 0.3) is 0 Å². The van der Waals surface area contributed by atoms with E-state index in [1.807, 2.05) is 0 Å². The molecule has 2 fully saturated rings. The van der Waals surface area contributed by atoms with Crippen molar-refractivity contribution in [1.82, 2.24) is 9.34 Å². The second-order valence-corrected chi connectivity index (χ2v) is 11.0. The summed E-state index contributed by atoms with van der Waals surface area (Å²) in [7, 11) is -3.13. The van der Waals surface area contributed by atoms with E-state index in [0.717, 1.165) is 12.1 Å². The van der Waals surface area contributed by atoms with Crippen LogP contribution in [0.1, 0.15) is 11.1 Å². The number of benzene rings is 3. The third kappa shape index (κ3) is 5.66. The topological polar surface area (TPSA) is 98.3 Å². The van der Waals surface area contributed by atoms with Gasteiger partial charge in [0.2, 0.25) is 5.75 Å². The van der Waals surface area contributed by atoms with Gasteiger partial charge in [-0.15, -0.1) is 0 Å². The van der Waals surface area contributed by atoms with Crippen molar-refractivity contribution in [2.75, 3.05) is 26.2 Å². The molecule has 0 amide bonds. The third-order valence-corrected chi connectivity index (χ3v) is 8.51. The predicted molar refractivity (Wildman–Crippen MR) is 132 cm³/mol. The Bertz CT molecular complexity index is 1430. The number of nitrogens with zero attached hydrogens (tertiary/aromatic N) is 4. The first-order valence-corrected chi connectivity index (χ1v) is 13.1. The molecule has 0 N–H and O–H groups in total. The molecule has 0 aliphatic carbocycles. The predicted octanol–water partition coefficient (Wildman–Crippen LogP) is 6.05. The van der Waals surface area contributed by atoms with Crippen LogP contribution in [0.15, 0.2) is 54.6 Å². The molecule has 0 aromatic heterocycles. The van der Waals surface area contributed by atoms with Gasteiger partial charge in [-0.2, -0.15) is 0 Å². The zero-order valence-electron chi connectivity index (χ0n) is 19.9. The van der Waals surface area contributed by atoms with Crippen LogP contribution in [0.5, 0.6) is 17.2 Å². The molecule has 3 aromatic rings. The lowest BCUT2D eigenvalue weighted by Crippen LogP contribution is -2.08. The zero-order chi connectivity index (χ0) is 26.9. The summed E-state index contributed by atoms with van der Waals surface area (Å²) in [5.41, 5.74) is 0.608. The van der Waals surface area contributed by atoms with Crippen LogP contribution < -0.4 is 9.47 Å². The molecule has 3 aromatic carbocycles. The van der Waals surface area contributed by atoms with Crippen LogP contribution in [0, 0.1) is 28.3 Å². The molecule has 0 unspecified atom stereocenters. The molecule has 38 heavy (non-hydrogen) atoms. The summed E-state index contributed by atoms with van der Waals surface area (Å²) in [5.74, 6) is -2.37. The molecule has 2 aliphatic heterocycles. The number of nitro benzene ring substituents is 1.